The number of ether oxygens (including phenoxy) is 1. The molecule has 25 heavy (non-hydrogen) atoms. The Balaban J connectivity index is 1.94. The largest absolute Gasteiger partial charge is 0.387 e. The van der Waals surface area contributed by atoms with Crippen LogP contribution in [0.4, 0.5) is 5.82 Å². The van der Waals surface area contributed by atoms with Crippen LogP contribution >= 0.6 is 11.8 Å². The van der Waals surface area contributed by atoms with Crippen LogP contribution < -0.4 is 10.9 Å². The summed E-state index contributed by atoms with van der Waals surface area (Å²) in [6, 6.07) is 0. The highest BCUT2D eigenvalue weighted by molar-refractivity contribution is 7.98. The van der Waals surface area contributed by atoms with Crippen molar-refractivity contribution in [2.75, 3.05) is 18.6 Å². The van der Waals surface area contributed by atoms with Gasteiger partial charge < -0.3 is 20.7 Å². The molecule has 3 rings (SSSR count). The maximum absolute atomic E-state index is 10.9. The van der Waals surface area contributed by atoms with E-state index < -0.39 is 41.5 Å². The average Bonchev–Trinajstić information content (AvgIpc) is 3.05. The predicted octanol–water partition coefficient (Wildman–Crippen LogP) is -2.03. The number of nitrogen functional groups attached to an aromatic ring is 1. The molecule has 2 aromatic heterocycles. The fourth-order valence-corrected chi connectivity index (χ4v) is 3.41. The second-order valence-corrected chi connectivity index (χ2v) is 7.25. The summed E-state index contributed by atoms with van der Waals surface area (Å²) in [6.07, 6.45) is -2.05. The lowest BCUT2D eigenvalue weighted by molar-refractivity contribution is -0.0531. The van der Waals surface area contributed by atoms with Crippen LogP contribution in [0.5, 0.6) is 0 Å². The SMILES string of the molecule is CSc1nn([C@@H]2O[C@H](COS(N)(=O)=O)[C@@H](O)[C@H]2O)c2ncnc(N)c12. The third-order valence-electron chi connectivity index (χ3n) is 3.65. The predicted molar refractivity (Wildman–Crippen MR) is 86.5 cm³/mol. The monoisotopic (exact) mass is 392 g/mol. The third kappa shape index (κ3) is 3.41. The number of thioether (sulfide) groups is 1. The second kappa shape index (κ2) is 6.64. The number of hydrogen-bond acceptors (Lipinski definition) is 11. The minimum atomic E-state index is -4.21. The minimum absolute atomic E-state index is 0.211. The molecule has 0 aromatic carbocycles. The number of nitrogens with zero attached hydrogens (tertiary/aromatic N) is 4. The number of aliphatic hydroxyl groups excluding tert-OH is 2. The lowest BCUT2D eigenvalue weighted by Crippen LogP contribution is -2.35. The van der Waals surface area contributed by atoms with Crippen LogP contribution in [0.25, 0.3) is 11.0 Å². The summed E-state index contributed by atoms with van der Waals surface area (Å²) in [5.74, 6) is 0.211. The summed E-state index contributed by atoms with van der Waals surface area (Å²) in [6.45, 7) is -0.556. The number of aliphatic hydroxyl groups is 2. The Morgan fingerprint density at radius 3 is 2.76 bits per heavy atom. The van der Waals surface area contributed by atoms with Crippen LogP contribution in [-0.2, 0) is 19.2 Å². The number of aromatic nitrogens is 4. The summed E-state index contributed by atoms with van der Waals surface area (Å²) in [4.78, 5) is 8.01. The lowest BCUT2D eigenvalue weighted by atomic mass is 10.1. The molecule has 0 bridgehead atoms. The van der Waals surface area contributed by atoms with Crippen molar-refractivity contribution in [3.8, 4) is 0 Å². The zero-order valence-electron chi connectivity index (χ0n) is 12.9. The summed E-state index contributed by atoms with van der Waals surface area (Å²) in [5.41, 5.74) is 6.16. The Labute approximate surface area is 146 Å². The van der Waals surface area contributed by atoms with Gasteiger partial charge in [-0.2, -0.15) is 13.5 Å². The van der Waals surface area contributed by atoms with E-state index in [4.69, 9.17) is 15.6 Å². The van der Waals surface area contributed by atoms with Crippen molar-refractivity contribution in [2.45, 2.75) is 29.6 Å². The first-order valence-corrected chi connectivity index (χ1v) is 9.64. The molecule has 138 valence electrons. The molecule has 14 heteroatoms. The van der Waals surface area contributed by atoms with Gasteiger partial charge in [0.1, 0.15) is 35.5 Å². The van der Waals surface area contributed by atoms with Crippen molar-refractivity contribution in [3.63, 3.8) is 0 Å². The molecule has 0 aliphatic carbocycles. The van der Waals surface area contributed by atoms with Crippen LogP contribution in [0.1, 0.15) is 6.23 Å². The highest BCUT2D eigenvalue weighted by atomic mass is 32.2. The van der Waals surface area contributed by atoms with Gasteiger partial charge in [-0.3, -0.25) is 4.18 Å². The molecule has 0 saturated carbocycles. The first kappa shape index (κ1) is 18.2. The van der Waals surface area contributed by atoms with Crippen LogP contribution in [0.15, 0.2) is 11.4 Å². The number of rotatable bonds is 5. The van der Waals surface area contributed by atoms with Gasteiger partial charge in [0.25, 0.3) is 0 Å². The van der Waals surface area contributed by atoms with Gasteiger partial charge in [0, 0.05) is 0 Å². The van der Waals surface area contributed by atoms with Gasteiger partial charge in [-0.25, -0.2) is 19.8 Å². The fraction of sp³-hybridized carbons (Fsp3) is 0.545. The van der Waals surface area contributed by atoms with Crippen molar-refractivity contribution in [1.29, 1.82) is 0 Å². The van der Waals surface area contributed by atoms with Gasteiger partial charge in [0.2, 0.25) is 0 Å². The van der Waals surface area contributed by atoms with Crippen molar-refractivity contribution in [1.82, 2.24) is 19.7 Å². The first-order valence-electron chi connectivity index (χ1n) is 6.94. The molecule has 1 aliphatic heterocycles. The Morgan fingerprint density at radius 1 is 1.40 bits per heavy atom. The number of hydrogen-bond donors (Lipinski definition) is 4. The summed E-state index contributed by atoms with van der Waals surface area (Å²) in [7, 11) is -4.21. The maximum atomic E-state index is 10.9. The van der Waals surface area contributed by atoms with Gasteiger partial charge in [0.05, 0.1) is 12.0 Å². The van der Waals surface area contributed by atoms with Crippen molar-refractivity contribution in [2.24, 2.45) is 5.14 Å². The van der Waals surface area contributed by atoms with Gasteiger partial charge in [-0.05, 0) is 6.26 Å². The van der Waals surface area contributed by atoms with E-state index in [1.54, 1.807) is 6.26 Å². The van der Waals surface area contributed by atoms with E-state index >= 15 is 0 Å². The Bertz CT molecular complexity index is 889. The molecule has 1 saturated heterocycles. The maximum Gasteiger partial charge on any atom is 0.333 e. The molecule has 2 aromatic rings. The van der Waals surface area contributed by atoms with Crippen LogP contribution in [0, 0.1) is 0 Å². The zero-order chi connectivity index (χ0) is 18.4. The molecular weight excluding hydrogens is 376 g/mol. The van der Waals surface area contributed by atoms with E-state index in [1.165, 1.54) is 22.8 Å². The molecule has 0 amide bonds. The first-order chi connectivity index (χ1) is 11.7. The van der Waals surface area contributed by atoms with Crippen molar-refractivity contribution >= 4 is 38.9 Å². The molecule has 1 aliphatic rings. The van der Waals surface area contributed by atoms with Gasteiger partial charge in [-0.15, -0.1) is 11.8 Å². The standard InChI is InChI=1S/C11H16N6O6S2/c1-24-10-5-8(12)14-3-15-9(5)17(16-10)11-7(19)6(18)4(23-11)2-22-25(13,20)21/h3-4,6-7,11,18-19H,2H2,1H3,(H2,12,14,15)(H2,13,20,21)/t4-,6-,7-,11-/m1/s1. The Morgan fingerprint density at radius 2 is 2.12 bits per heavy atom. The molecule has 4 atom stereocenters. The van der Waals surface area contributed by atoms with Crippen LogP contribution in [-0.4, -0.2) is 69.6 Å². The van der Waals surface area contributed by atoms with E-state index in [2.05, 4.69) is 19.2 Å². The van der Waals surface area contributed by atoms with Gasteiger partial charge in [-0.1, -0.05) is 0 Å². The van der Waals surface area contributed by atoms with E-state index in [0.29, 0.717) is 16.1 Å². The number of fused-ring (bicyclic) bond motifs is 1. The molecule has 12 nitrogen and oxygen atoms in total. The minimum Gasteiger partial charge on any atom is -0.387 e. The molecule has 6 N–H and O–H groups in total. The average molecular weight is 392 g/mol. The fourth-order valence-electron chi connectivity index (χ4n) is 2.51. The summed E-state index contributed by atoms with van der Waals surface area (Å²) < 4.78 is 33.0. The molecule has 3 heterocycles. The summed E-state index contributed by atoms with van der Waals surface area (Å²) >= 11 is 1.30. The summed E-state index contributed by atoms with van der Waals surface area (Å²) in [5, 5.41) is 30.4. The highest BCUT2D eigenvalue weighted by Crippen LogP contribution is 2.35. The Kier molecular flexibility index (Phi) is 4.84. The smallest absolute Gasteiger partial charge is 0.333 e. The van der Waals surface area contributed by atoms with E-state index in [-0.39, 0.29) is 5.82 Å². The highest BCUT2D eigenvalue weighted by Gasteiger charge is 2.45. The van der Waals surface area contributed by atoms with Gasteiger partial charge in [0.15, 0.2) is 11.9 Å². The van der Waals surface area contributed by atoms with Crippen molar-refractivity contribution < 1.29 is 27.6 Å². The molecular formula is C11H16N6O6S2. The molecule has 0 unspecified atom stereocenters. The number of anilines is 1. The Hall–Kier alpha value is -1.55. The third-order valence-corrected chi connectivity index (χ3v) is 4.79. The quantitative estimate of drug-likeness (QED) is 0.411. The van der Waals surface area contributed by atoms with E-state index in [1.807, 2.05) is 0 Å². The zero-order valence-corrected chi connectivity index (χ0v) is 14.5. The molecule has 1 fully saturated rings. The topological polar surface area (TPSA) is 189 Å². The van der Waals surface area contributed by atoms with Gasteiger partial charge >= 0.3 is 10.3 Å². The van der Waals surface area contributed by atoms with Crippen LogP contribution in [0.2, 0.25) is 0 Å². The normalized spacial score (nSPS) is 27.2. The van der Waals surface area contributed by atoms with E-state index in [9.17, 15) is 18.6 Å². The van der Waals surface area contributed by atoms with Crippen LogP contribution in [0.3, 0.4) is 0 Å². The molecule has 0 spiro atoms. The molecule has 0 radical (unpaired) electrons. The van der Waals surface area contributed by atoms with Crippen molar-refractivity contribution in [3.05, 3.63) is 6.33 Å². The lowest BCUT2D eigenvalue weighted by Gasteiger charge is -2.15. The number of nitrogens with two attached hydrogens (primary N) is 2. The van der Waals surface area contributed by atoms with E-state index in [0.717, 1.165) is 0 Å². The second-order valence-electron chi connectivity index (χ2n) is 5.23.